The number of carbonyl (C=O) groups is 1. The normalized spacial score (nSPS) is 11.6. The number of hydroxylamine groups is 1. The molecule has 0 unspecified atom stereocenters. The van der Waals surface area contributed by atoms with Crippen LogP contribution in [0.2, 0.25) is 0 Å². The van der Waals surface area contributed by atoms with Crippen molar-refractivity contribution in [3.63, 3.8) is 0 Å². The molecule has 1 amide bonds. The predicted octanol–water partition coefficient (Wildman–Crippen LogP) is 3.64. The number of nitrogens with one attached hydrogen (secondary N) is 2. The van der Waals surface area contributed by atoms with Gasteiger partial charge in [0.2, 0.25) is 0 Å². The maximum atomic E-state index is 11.9. The number of rotatable bonds is 8. The second-order valence-corrected chi connectivity index (χ2v) is 8.34. The Hall–Kier alpha value is -3.33. The first-order valence-electron chi connectivity index (χ1n) is 10.2. The van der Waals surface area contributed by atoms with Crippen LogP contribution in [-0.4, -0.2) is 32.8 Å². The number of nitrogens with zero attached hydrogens (tertiary/aromatic N) is 3. The molecule has 0 aliphatic carbocycles. The van der Waals surface area contributed by atoms with Gasteiger partial charge in [-0.15, -0.1) is 0 Å². The summed E-state index contributed by atoms with van der Waals surface area (Å²) in [7, 11) is 0. The minimum Gasteiger partial charge on any atom is -0.444 e. The zero-order valence-electron chi connectivity index (χ0n) is 18.5. The number of ether oxygens (including phenoxy) is 1. The van der Waals surface area contributed by atoms with E-state index in [2.05, 4.69) is 26.9 Å². The Morgan fingerprint density at radius 1 is 1.26 bits per heavy atom. The van der Waals surface area contributed by atoms with Gasteiger partial charge in [0.25, 0.3) is 0 Å². The van der Waals surface area contributed by atoms with E-state index in [4.69, 9.17) is 20.3 Å². The maximum Gasteiger partial charge on any atom is 0.407 e. The van der Waals surface area contributed by atoms with Gasteiger partial charge in [-0.1, -0.05) is 24.8 Å². The number of fused-ring (bicyclic) bond motifs is 3. The van der Waals surface area contributed by atoms with Gasteiger partial charge in [-0.05, 0) is 40.2 Å². The van der Waals surface area contributed by atoms with Crippen molar-refractivity contribution >= 4 is 33.8 Å². The van der Waals surface area contributed by atoms with Crippen molar-refractivity contribution in [2.24, 2.45) is 0 Å². The fourth-order valence-corrected chi connectivity index (χ4v) is 3.22. The molecule has 2 heterocycles. The number of anilines is 1. The van der Waals surface area contributed by atoms with Crippen LogP contribution in [0.3, 0.4) is 0 Å². The number of nitrogen functional groups attached to an aromatic ring is 1. The van der Waals surface area contributed by atoms with Crippen LogP contribution < -0.4 is 16.5 Å². The van der Waals surface area contributed by atoms with Gasteiger partial charge in [0.1, 0.15) is 23.5 Å². The van der Waals surface area contributed by atoms with Gasteiger partial charge in [0.15, 0.2) is 5.82 Å². The van der Waals surface area contributed by atoms with Gasteiger partial charge in [-0.25, -0.2) is 14.8 Å². The lowest BCUT2D eigenvalue weighted by Crippen LogP contribution is -2.33. The number of pyridine rings is 1. The number of aromatic nitrogens is 3. The van der Waals surface area contributed by atoms with E-state index in [-0.39, 0.29) is 6.61 Å². The number of alkyl carbamates (subject to hydrolysis) is 1. The molecule has 9 heteroatoms. The first kappa shape index (κ1) is 22.4. The van der Waals surface area contributed by atoms with Crippen molar-refractivity contribution in [1.29, 1.82) is 0 Å². The standard InChI is InChI=1S/C22H30N6O3/c1-14(2)27-30-13-17-26-18-19(15-9-6-7-10-16(15)25-20(18)23)28(17)12-8-11-24-21(29)31-22(3,4)5/h6-7,9-10,27H,1,8,11-13H2,2-5H3,(H2,23,25)(H,24,29). The number of hydrogen-bond acceptors (Lipinski definition) is 7. The molecule has 0 saturated heterocycles. The lowest BCUT2D eigenvalue weighted by Gasteiger charge is -2.19. The number of amides is 1. The van der Waals surface area contributed by atoms with Crippen LogP contribution in [0.25, 0.3) is 21.9 Å². The van der Waals surface area contributed by atoms with Gasteiger partial charge in [0.05, 0.1) is 11.0 Å². The zero-order valence-corrected chi connectivity index (χ0v) is 18.5. The first-order chi connectivity index (χ1) is 14.7. The fourth-order valence-electron chi connectivity index (χ4n) is 3.22. The van der Waals surface area contributed by atoms with E-state index in [0.29, 0.717) is 42.4 Å². The van der Waals surface area contributed by atoms with E-state index in [9.17, 15) is 4.79 Å². The Kier molecular flexibility index (Phi) is 6.65. The summed E-state index contributed by atoms with van der Waals surface area (Å²) in [5.74, 6) is 1.07. The molecule has 0 atom stereocenters. The summed E-state index contributed by atoms with van der Waals surface area (Å²) in [5, 5.41) is 3.75. The number of nitrogens with two attached hydrogens (primary N) is 1. The van der Waals surface area contributed by atoms with Crippen molar-refractivity contribution in [3.8, 4) is 0 Å². The SMILES string of the molecule is C=C(C)NOCc1nc2c(N)nc3ccccc3c2n1CCCNC(=O)OC(C)(C)C. The number of allylic oxidation sites excluding steroid dienone is 1. The summed E-state index contributed by atoms with van der Waals surface area (Å²) in [6.07, 6.45) is 0.235. The second-order valence-electron chi connectivity index (χ2n) is 8.34. The molecular formula is C22H30N6O3. The number of imidazole rings is 1. The van der Waals surface area contributed by atoms with E-state index in [1.165, 1.54) is 0 Å². The highest BCUT2D eigenvalue weighted by atomic mass is 16.6. The summed E-state index contributed by atoms with van der Waals surface area (Å²) in [6.45, 7) is 12.3. The quantitative estimate of drug-likeness (QED) is 0.372. The minimum atomic E-state index is -0.533. The summed E-state index contributed by atoms with van der Waals surface area (Å²) in [5.41, 5.74) is 11.4. The van der Waals surface area contributed by atoms with Gasteiger partial charge < -0.3 is 20.4 Å². The van der Waals surface area contributed by atoms with Crippen LogP contribution >= 0.6 is 0 Å². The van der Waals surface area contributed by atoms with E-state index in [1.807, 2.05) is 45.0 Å². The molecule has 0 fully saturated rings. The zero-order chi connectivity index (χ0) is 22.6. The third-order valence-corrected chi connectivity index (χ3v) is 4.36. The second kappa shape index (κ2) is 9.22. The Morgan fingerprint density at radius 3 is 2.71 bits per heavy atom. The highest BCUT2D eigenvalue weighted by Crippen LogP contribution is 2.29. The average Bonchev–Trinajstić information content (AvgIpc) is 3.03. The molecular weight excluding hydrogens is 396 g/mol. The summed E-state index contributed by atoms with van der Waals surface area (Å²) in [6, 6.07) is 7.80. The molecule has 2 aromatic heterocycles. The Bertz CT molecular complexity index is 1100. The third-order valence-electron chi connectivity index (χ3n) is 4.36. The average molecular weight is 427 g/mol. The monoisotopic (exact) mass is 426 g/mol. The van der Waals surface area contributed by atoms with Crippen LogP contribution in [0.5, 0.6) is 0 Å². The molecule has 0 spiro atoms. The topological polar surface area (TPSA) is 116 Å². The largest absolute Gasteiger partial charge is 0.444 e. The molecule has 31 heavy (non-hydrogen) atoms. The lowest BCUT2D eigenvalue weighted by molar-refractivity contribution is 0.0437. The molecule has 0 aliphatic heterocycles. The predicted molar refractivity (Wildman–Crippen MR) is 121 cm³/mol. The number of aryl methyl sites for hydroxylation is 1. The summed E-state index contributed by atoms with van der Waals surface area (Å²) < 4.78 is 7.35. The third kappa shape index (κ3) is 5.64. The van der Waals surface area contributed by atoms with Gasteiger partial charge in [-0.2, -0.15) is 0 Å². The molecule has 0 aliphatic rings. The van der Waals surface area contributed by atoms with Crippen LogP contribution in [0.4, 0.5) is 10.6 Å². The van der Waals surface area contributed by atoms with E-state index in [0.717, 1.165) is 16.4 Å². The molecule has 1 aromatic carbocycles. The summed E-state index contributed by atoms with van der Waals surface area (Å²) >= 11 is 0. The maximum absolute atomic E-state index is 11.9. The van der Waals surface area contributed by atoms with Crippen molar-refractivity contribution < 1.29 is 14.4 Å². The van der Waals surface area contributed by atoms with Gasteiger partial charge in [-0.3, -0.25) is 10.3 Å². The van der Waals surface area contributed by atoms with Gasteiger partial charge in [0, 0.05) is 24.2 Å². The van der Waals surface area contributed by atoms with Crippen LogP contribution in [0.1, 0.15) is 39.9 Å². The number of benzene rings is 1. The van der Waals surface area contributed by atoms with Crippen LogP contribution in [0, 0.1) is 0 Å². The first-order valence-corrected chi connectivity index (χ1v) is 10.2. The molecule has 9 nitrogen and oxygen atoms in total. The van der Waals surface area contributed by atoms with E-state index in [1.54, 1.807) is 6.92 Å². The van der Waals surface area contributed by atoms with Gasteiger partial charge >= 0.3 is 6.09 Å². The highest BCUT2D eigenvalue weighted by Gasteiger charge is 2.18. The molecule has 166 valence electrons. The van der Waals surface area contributed by atoms with Crippen LogP contribution in [-0.2, 0) is 22.7 Å². The molecule has 4 N–H and O–H groups in total. The van der Waals surface area contributed by atoms with Crippen molar-refractivity contribution in [1.82, 2.24) is 25.3 Å². The molecule has 0 radical (unpaired) electrons. The van der Waals surface area contributed by atoms with E-state index >= 15 is 0 Å². The Morgan fingerprint density at radius 2 is 2.00 bits per heavy atom. The summed E-state index contributed by atoms with van der Waals surface area (Å²) in [4.78, 5) is 26.6. The smallest absolute Gasteiger partial charge is 0.407 e. The minimum absolute atomic E-state index is 0.217. The Balaban J connectivity index is 1.85. The van der Waals surface area contributed by atoms with E-state index < -0.39 is 11.7 Å². The molecule has 0 saturated carbocycles. The van der Waals surface area contributed by atoms with Crippen LogP contribution in [0.15, 0.2) is 36.5 Å². The number of para-hydroxylation sites is 1. The highest BCUT2D eigenvalue weighted by molar-refractivity contribution is 6.06. The van der Waals surface area contributed by atoms with Crippen molar-refractivity contribution in [2.45, 2.75) is 52.9 Å². The Labute approximate surface area is 181 Å². The van der Waals surface area contributed by atoms with Crippen molar-refractivity contribution in [2.75, 3.05) is 12.3 Å². The lowest BCUT2D eigenvalue weighted by atomic mass is 10.2. The van der Waals surface area contributed by atoms with Crippen molar-refractivity contribution in [3.05, 3.63) is 42.4 Å². The molecule has 3 aromatic rings. The molecule has 3 rings (SSSR count). The fraction of sp³-hybridized carbons (Fsp3) is 0.409. The number of carbonyl (C=O) groups excluding carboxylic acids is 1. The molecule has 0 bridgehead atoms. The number of hydrogen-bond donors (Lipinski definition) is 3.